The van der Waals surface area contributed by atoms with Crippen molar-refractivity contribution < 1.29 is 19.8 Å². The zero-order valence-corrected chi connectivity index (χ0v) is 9.28. The Balaban J connectivity index is 2.70. The Morgan fingerprint density at radius 3 is 2.47 bits per heavy atom. The number of hydrogen-bond acceptors (Lipinski definition) is 3. The molecule has 5 nitrogen and oxygen atoms in total. The highest BCUT2D eigenvalue weighted by atomic mass is 16.4. The van der Waals surface area contributed by atoms with Crippen molar-refractivity contribution in [1.29, 1.82) is 0 Å². The van der Waals surface area contributed by atoms with Crippen LogP contribution >= 0.6 is 0 Å². The zero-order valence-electron chi connectivity index (χ0n) is 9.28. The van der Waals surface area contributed by atoms with E-state index in [0.29, 0.717) is 13.0 Å². The summed E-state index contributed by atoms with van der Waals surface area (Å²) in [6, 6.07) is 0. The number of likely N-dealkylation sites (tertiary alicyclic amines) is 1. The Labute approximate surface area is 88.7 Å². The topological polar surface area (TPSA) is 77.8 Å². The first-order valence-corrected chi connectivity index (χ1v) is 4.92. The van der Waals surface area contributed by atoms with E-state index in [1.807, 2.05) is 13.8 Å². The summed E-state index contributed by atoms with van der Waals surface area (Å²) in [5.41, 5.74) is -2.30. The molecule has 0 aromatic carbocycles. The molecule has 0 aliphatic carbocycles. The highest BCUT2D eigenvalue weighted by molar-refractivity contribution is 5.85. The van der Waals surface area contributed by atoms with Crippen molar-refractivity contribution in [1.82, 2.24) is 4.90 Å². The maximum atomic E-state index is 11.7. The van der Waals surface area contributed by atoms with Gasteiger partial charge >= 0.3 is 5.97 Å². The fourth-order valence-corrected chi connectivity index (χ4v) is 1.64. The van der Waals surface area contributed by atoms with Gasteiger partial charge in [-0.2, -0.15) is 0 Å². The van der Waals surface area contributed by atoms with Gasteiger partial charge in [-0.3, -0.25) is 4.79 Å². The number of aliphatic carboxylic acids is 1. The molecule has 1 rings (SSSR count). The molecule has 1 amide bonds. The lowest BCUT2D eigenvalue weighted by atomic mass is 9.92. The van der Waals surface area contributed by atoms with Crippen molar-refractivity contribution in [3.8, 4) is 0 Å². The summed E-state index contributed by atoms with van der Waals surface area (Å²) in [7, 11) is 0. The summed E-state index contributed by atoms with van der Waals surface area (Å²) in [5, 5.41) is 18.3. The van der Waals surface area contributed by atoms with Crippen molar-refractivity contribution in [3.63, 3.8) is 0 Å². The van der Waals surface area contributed by atoms with Crippen LogP contribution in [0.2, 0.25) is 0 Å². The van der Waals surface area contributed by atoms with Crippen LogP contribution in [0.5, 0.6) is 0 Å². The molecule has 0 aromatic heterocycles. The van der Waals surface area contributed by atoms with E-state index >= 15 is 0 Å². The molecule has 86 valence electrons. The molecule has 1 heterocycles. The van der Waals surface area contributed by atoms with Gasteiger partial charge in [0.1, 0.15) is 0 Å². The van der Waals surface area contributed by atoms with Crippen molar-refractivity contribution in [2.45, 2.75) is 32.8 Å². The predicted molar refractivity (Wildman–Crippen MR) is 53.2 cm³/mol. The highest BCUT2D eigenvalue weighted by Crippen LogP contribution is 2.31. The summed E-state index contributed by atoms with van der Waals surface area (Å²) in [6.45, 7) is 5.21. The van der Waals surface area contributed by atoms with Gasteiger partial charge in [-0.15, -0.1) is 0 Å². The van der Waals surface area contributed by atoms with Crippen LogP contribution in [0.25, 0.3) is 0 Å². The maximum Gasteiger partial charge on any atom is 0.337 e. The van der Waals surface area contributed by atoms with Gasteiger partial charge in [0, 0.05) is 12.0 Å². The van der Waals surface area contributed by atoms with Crippen LogP contribution < -0.4 is 0 Å². The summed E-state index contributed by atoms with van der Waals surface area (Å²) in [5.74, 6) is -1.40. The Morgan fingerprint density at radius 1 is 1.60 bits per heavy atom. The number of amides is 1. The van der Waals surface area contributed by atoms with E-state index in [0.717, 1.165) is 0 Å². The second-order valence-electron chi connectivity index (χ2n) is 4.94. The van der Waals surface area contributed by atoms with Gasteiger partial charge < -0.3 is 15.1 Å². The number of carbonyl (C=O) groups is 2. The first-order valence-electron chi connectivity index (χ1n) is 4.92. The number of rotatable bonds is 3. The lowest BCUT2D eigenvalue weighted by Gasteiger charge is -2.26. The monoisotopic (exact) mass is 215 g/mol. The van der Waals surface area contributed by atoms with E-state index < -0.39 is 17.0 Å². The Hall–Kier alpha value is -1.10. The molecule has 0 bridgehead atoms. The molecule has 1 atom stereocenters. The molecule has 1 saturated heterocycles. The molecule has 15 heavy (non-hydrogen) atoms. The third-order valence-electron chi connectivity index (χ3n) is 2.83. The van der Waals surface area contributed by atoms with E-state index in [1.54, 1.807) is 0 Å². The lowest BCUT2D eigenvalue weighted by molar-refractivity contribution is -0.159. The van der Waals surface area contributed by atoms with E-state index in [1.165, 1.54) is 11.8 Å². The second kappa shape index (κ2) is 3.48. The van der Waals surface area contributed by atoms with Crippen LogP contribution in [0.4, 0.5) is 0 Å². The van der Waals surface area contributed by atoms with E-state index in [4.69, 9.17) is 5.11 Å². The third-order valence-corrected chi connectivity index (χ3v) is 2.83. The van der Waals surface area contributed by atoms with Crippen molar-refractivity contribution in [2.75, 3.05) is 13.1 Å². The minimum absolute atomic E-state index is 0.0935. The average Bonchev–Trinajstić information content (AvgIpc) is 2.31. The summed E-state index contributed by atoms with van der Waals surface area (Å²) >= 11 is 0. The molecular weight excluding hydrogens is 198 g/mol. The minimum Gasteiger partial charge on any atom is -0.479 e. The number of hydrogen-bond donors (Lipinski definition) is 2. The molecule has 0 radical (unpaired) electrons. The smallest absolute Gasteiger partial charge is 0.337 e. The first kappa shape index (κ1) is 12.0. The molecule has 2 N–H and O–H groups in total. The molecule has 1 aliphatic rings. The highest BCUT2D eigenvalue weighted by Gasteiger charge is 2.43. The van der Waals surface area contributed by atoms with Crippen LogP contribution in [-0.4, -0.2) is 45.7 Å². The molecule has 1 aliphatic heterocycles. The van der Waals surface area contributed by atoms with E-state index in [2.05, 4.69) is 0 Å². The Morgan fingerprint density at radius 2 is 2.13 bits per heavy atom. The number of nitrogens with zero attached hydrogens (tertiary/aromatic N) is 1. The number of carboxylic acids is 1. The van der Waals surface area contributed by atoms with Gasteiger partial charge in [-0.25, -0.2) is 4.79 Å². The van der Waals surface area contributed by atoms with Crippen molar-refractivity contribution in [3.05, 3.63) is 0 Å². The molecular formula is C10H17NO4. The van der Waals surface area contributed by atoms with Gasteiger partial charge in [0.2, 0.25) is 5.91 Å². The zero-order chi connectivity index (χ0) is 11.9. The Bertz CT molecular complexity index is 296. The van der Waals surface area contributed by atoms with Gasteiger partial charge in [0.25, 0.3) is 0 Å². The number of carbonyl (C=O) groups excluding carboxylic acids is 1. The van der Waals surface area contributed by atoms with Gasteiger partial charge in [-0.05, 0) is 13.3 Å². The fourth-order valence-electron chi connectivity index (χ4n) is 1.64. The molecule has 1 fully saturated rings. The normalized spacial score (nSPS) is 24.0. The summed E-state index contributed by atoms with van der Waals surface area (Å²) in [6.07, 6.45) is 0.696. The molecule has 1 unspecified atom stereocenters. The standard InChI is InChI=1S/C10H17NO4/c1-9(2)4-5-11(7(9)12)6-10(3,15)8(13)14/h15H,4-6H2,1-3H3,(H,13,14). The number of β-amino-alcohol motifs (C(OH)–C–C–N with tert-alkyl or cyclic N) is 1. The van der Waals surface area contributed by atoms with Crippen molar-refractivity contribution in [2.24, 2.45) is 5.41 Å². The summed E-state index contributed by atoms with van der Waals surface area (Å²) < 4.78 is 0. The van der Waals surface area contributed by atoms with Crippen molar-refractivity contribution >= 4 is 11.9 Å². The second-order valence-corrected chi connectivity index (χ2v) is 4.94. The maximum absolute atomic E-state index is 11.7. The van der Waals surface area contributed by atoms with Crippen LogP contribution in [0, 0.1) is 5.41 Å². The fraction of sp³-hybridized carbons (Fsp3) is 0.800. The quantitative estimate of drug-likeness (QED) is 0.699. The largest absolute Gasteiger partial charge is 0.479 e. The van der Waals surface area contributed by atoms with E-state index in [9.17, 15) is 14.7 Å². The van der Waals surface area contributed by atoms with Crippen LogP contribution in [-0.2, 0) is 9.59 Å². The number of carboxylic acid groups (broad SMARTS) is 1. The van der Waals surface area contributed by atoms with Crippen LogP contribution in [0.3, 0.4) is 0 Å². The minimum atomic E-state index is -1.86. The van der Waals surface area contributed by atoms with Crippen LogP contribution in [0.1, 0.15) is 27.2 Å². The Kier molecular flexibility index (Phi) is 2.78. The molecule has 0 saturated carbocycles. The van der Waals surface area contributed by atoms with Gasteiger partial charge in [0.05, 0.1) is 6.54 Å². The first-order chi connectivity index (χ1) is 6.67. The van der Waals surface area contributed by atoms with Gasteiger partial charge in [-0.1, -0.05) is 13.8 Å². The third kappa shape index (κ3) is 2.28. The van der Waals surface area contributed by atoms with Gasteiger partial charge in [0.15, 0.2) is 5.60 Å². The van der Waals surface area contributed by atoms with Crippen LogP contribution in [0.15, 0.2) is 0 Å². The van der Waals surface area contributed by atoms with E-state index in [-0.39, 0.29) is 12.5 Å². The number of aliphatic hydroxyl groups is 1. The SMILES string of the molecule is CC1(C)CCN(CC(C)(O)C(=O)O)C1=O. The lowest BCUT2D eigenvalue weighted by Crippen LogP contribution is -2.48. The molecule has 0 spiro atoms. The average molecular weight is 215 g/mol. The molecule has 0 aromatic rings. The molecule has 5 heteroatoms. The predicted octanol–water partition coefficient (Wildman–Crippen LogP) is 0.0805. The summed E-state index contributed by atoms with van der Waals surface area (Å²) in [4.78, 5) is 23.8.